The maximum absolute atomic E-state index is 13.7. The van der Waals surface area contributed by atoms with E-state index in [0.717, 1.165) is 0 Å². The number of hydrogen-bond acceptors (Lipinski definition) is 3. The molecule has 0 unspecified atom stereocenters. The summed E-state index contributed by atoms with van der Waals surface area (Å²) in [5.41, 5.74) is 2.50. The van der Waals surface area contributed by atoms with E-state index in [1.807, 2.05) is 6.07 Å². The Balaban J connectivity index is 1.87. The van der Waals surface area contributed by atoms with Crippen LogP contribution in [-0.4, -0.2) is 10.9 Å². The Morgan fingerprint density at radius 1 is 1.22 bits per heavy atom. The fraction of sp³-hybridized carbons (Fsp3) is 0.111. The van der Waals surface area contributed by atoms with Crippen molar-refractivity contribution in [1.29, 1.82) is 0 Å². The number of oxazole rings is 1. The number of halogens is 1. The minimum Gasteiger partial charge on any atom is -0.439 e. The first-order valence-electron chi connectivity index (χ1n) is 7.15. The SMILES string of the molecule is C/C(=C\c1ccccc1F)C(=O)Nc1cccc2nc(C)oc12. The highest BCUT2D eigenvalue weighted by molar-refractivity contribution is 6.09. The van der Waals surface area contributed by atoms with Crippen LogP contribution in [-0.2, 0) is 4.79 Å². The normalized spacial score (nSPS) is 11.7. The van der Waals surface area contributed by atoms with Crippen molar-refractivity contribution in [2.24, 2.45) is 0 Å². The summed E-state index contributed by atoms with van der Waals surface area (Å²) < 4.78 is 19.2. The Morgan fingerprint density at radius 2 is 2.00 bits per heavy atom. The van der Waals surface area contributed by atoms with E-state index < -0.39 is 0 Å². The molecule has 0 fully saturated rings. The molecule has 0 bridgehead atoms. The topological polar surface area (TPSA) is 55.1 Å². The van der Waals surface area contributed by atoms with E-state index in [-0.39, 0.29) is 11.7 Å². The number of carbonyl (C=O) groups is 1. The van der Waals surface area contributed by atoms with Gasteiger partial charge < -0.3 is 9.73 Å². The lowest BCUT2D eigenvalue weighted by molar-refractivity contribution is -0.112. The van der Waals surface area contributed by atoms with Crippen molar-refractivity contribution in [2.45, 2.75) is 13.8 Å². The fourth-order valence-electron chi connectivity index (χ4n) is 2.27. The highest BCUT2D eigenvalue weighted by Gasteiger charge is 2.12. The van der Waals surface area contributed by atoms with Gasteiger partial charge in [-0.2, -0.15) is 0 Å². The van der Waals surface area contributed by atoms with Gasteiger partial charge in [0.25, 0.3) is 5.91 Å². The van der Waals surface area contributed by atoms with Gasteiger partial charge in [-0.3, -0.25) is 4.79 Å². The average molecular weight is 310 g/mol. The lowest BCUT2D eigenvalue weighted by atomic mass is 10.1. The number of nitrogens with zero attached hydrogens (tertiary/aromatic N) is 1. The molecule has 0 radical (unpaired) electrons. The summed E-state index contributed by atoms with van der Waals surface area (Å²) in [5.74, 6) is -0.164. The second-order valence-electron chi connectivity index (χ2n) is 5.19. The van der Waals surface area contributed by atoms with Crippen molar-refractivity contribution in [1.82, 2.24) is 4.98 Å². The highest BCUT2D eigenvalue weighted by atomic mass is 19.1. The van der Waals surface area contributed by atoms with Crippen LogP contribution in [0.4, 0.5) is 10.1 Å². The zero-order chi connectivity index (χ0) is 16.4. The number of nitrogens with one attached hydrogen (secondary N) is 1. The van der Waals surface area contributed by atoms with E-state index in [4.69, 9.17) is 4.42 Å². The summed E-state index contributed by atoms with van der Waals surface area (Å²) in [6.07, 6.45) is 1.51. The summed E-state index contributed by atoms with van der Waals surface area (Å²) in [7, 11) is 0. The molecular weight excluding hydrogens is 295 g/mol. The van der Waals surface area contributed by atoms with Gasteiger partial charge >= 0.3 is 0 Å². The molecule has 116 valence electrons. The molecule has 4 nitrogen and oxygen atoms in total. The summed E-state index contributed by atoms with van der Waals surface area (Å²) in [5, 5.41) is 2.77. The van der Waals surface area contributed by atoms with Crippen LogP contribution in [0.1, 0.15) is 18.4 Å². The van der Waals surface area contributed by atoms with Gasteiger partial charge in [0, 0.05) is 18.1 Å². The maximum Gasteiger partial charge on any atom is 0.251 e. The van der Waals surface area contributed by atoms with Gasteiger partial charge in [0.2, 0.25) is 0 Å². The van der Waals surface area contributed by atoms with Crippen molar-refractivity contribution in [3.63, 3.8) is 0 Å². The van der Waals surface area contributed by atoms with Gasteiger partial charge in [-0.1, -0.05) is 24.3 Å². The zero-order valence-corrected chi connectivity index (χ0v) is 12.8. The molecule has 0 aliphatic heterocycles. The largest absolute Gasteiger partial charge is 0.439 e. The van der Waals surface area contributed by atoms with Crippen LogP contribution in [0.2, 0.25) is 0 Å². The summed E-state index contributed by atoms with van der Waals surface area (Å²) in [6, 6.07) is 11.6. The summed E-state index contributed by atoms with van der Waals surface area (Å²) >= 11 is 0. The summed E-state index contributed by atoms with van der Waals surface area (Å²) in [6.45, 7) is 3.38. The molecule has 1 heterocycles. The van der Waals surface area contributed by atoms with Gasteiger partial charge in [-0.05, 0) is 31.2 Å². The Morgan fingerprint density at radius 3 is 2.78 bits per heavy atom. The van der Waals surface area contributed by atoms with Crippen molar-refractivity contribution in [3.8, 4) is 0 Å². The minimum absolute atomic E-state index is 0.324. The highest BCUT2D eigenvalue weighted by Crippen LogP contribution is 2.24. The third-order valence-corrected chi connectivity index (χ3v) is 3.41. The van der Waals surface area contributed by atoms with E-state index >= 15 is 0 Å². The monoisotopic (exact) mass is 310 g/mol. The van der Waals surface area contributed by atoms with Crippen molar-refractivity contribution in [3.05, 3.63) is 65.3 Å². The van der Waals surface area contributed by atoms with E-state index in [2.05, 4.69) is 10.3 Å². The molecular formula is C18H15FN2O2. The minimum atomic E-state index is -0.368. The van der Waals surface area contributed by atoms with E-state index in [0.29, 0.717) is 33.8 Å². The number of carbonyl (C=O) groups excluding carboxylic acids is 1. The van der Waals surface area contributed by atoms with Crippen LogP contribution in [0.5, 0.6) is 0 Å². The second-order valence-corrected chi connectivity index (χ2v) is 5.19. The molecule has 23 heavy (non-hydrogen) atoms. The van der Waals surface area contributed by atoms with Gasteiger partial charge in [0.1, 0.15) is 11.3 Å². The quantitative estimate of drug-likeness (QED) is 0.733. The number of para-hydroxylation sites is 1. The predicted octanol–water partition coefficient (Wildman–Crippen LogP) is 4.32. The maximum atomic E-state index is 13.7. The molecule has 2 aromatic carbocycles. The number of benzene rings is 2. The van der Waals surface area contributed by atoms with Crippen molar-refractivity contribution < 1.29 is 13.6 Å². The van der Waals surface area contributed by atoms with Gasteiger partial charge in [-0.15, -0.1) is 0 Å². The lowest BCUT2D eigenvalue weighted by Gasteiger charge is -2.06. The smallest absolute Gasteiger partial charge is 0.251 e. The Bertz CT molecular complexity index is 912. The Labute approximate surface area is 132 Å². The van der Waals surface area contributed by atoms with Crippen LogP contribution in [0, 0.1) is 12.7 Å². The second kappa shape index (κ2) is 6.04. The third kappa shape index (κ3) is 3.13. The Hall–Kier alpha value is -2.95. The molecule has 1 amide bonds. The molecule has 0 aliphatic carbocycles. The van der Waals surface area contributed by atoms with Crippen molar-refractivity contribution in [2.75, 3.05) is 5.32 Å². The lowest BCUT2D eigenvalue weighted by Crippen LogP contribution is -2.12. The number of aromatic nitrogens is 1. The predicted molar refractivity (Wildman–Crippen MR) is 87.4 cm³/mol. The number of aryl methyl sites for hydroxylation is 1. The molecule has 5 heteroatoms. The fourth-order valence-corrected chi connectivity index (χ4v) is 2.27. The molecule has 0 saturated heterocycles. The van der Waals surface area contributed by atoms with E-state index in [9.17, 15) is 9.18 Å². The molecule has 3 aromatic rings. The molecule has 1 aromatic heterocycles. The van der Waals surface area contributed by atoms with Gasteiger partial charge in [0.15, 0.2) is 11.5 Å². The first-order chi connectivity index (χ1) is 11.0. The van der Waals surface area contributed by atoms with Crippen LogP contribution in [0.25, 0.3) is 17.2 Å². The number of amides is 1. The number of anilines is 1. The van der Waals surface area contributed by atoms with Gasteiger partial charge in [-0.25, -0.2) is 9.37 Å². The third-order valence-electron chi connectivity index (χ3n) is 3.41. The number of fused-ring (bicyclic) bond motifs is 1. The van der Waals surface area contributed by atoms with Crippen LogP contribution < -0.4 is 5.32 Å². The Kier molecular flexibility index (Phi) is 3.93. The van der Waals surface area contributed by atoms with Crippen molar-refractivity contribution >= 4 is 28.8 Å². The summed E-state index contributed by atoms with van der Waals surface area (Å²) in [4.78, 5) is 16.5. The van der Waals surface area contributed by atoms with E-state index in [1.54, 1.807) is 44.2 Å². The zero-order valence-electron chi connectivity index (χ0n) is 12.8. The van der Waals surface area contributed by atoms with Crippen LogP contribution >= 0.6 is 0 Å². The first kappa shape index (κ1) is 15.0. The standard InChI is InChI=1S/C18H15FN2O2/c1-11(10-13-6-3-4-7-14(13)19)18(22)21-16-9-5-8-15-17(16)23-12(2)20-15/h3-10H,1-2H3,(H,21,22)/b11-10+. The van der Waals surface area contributed by atoms with Crippen LogP contribution in [0.15, 0.2) is 52.5 Å². The number of rotatable bonds is 3. The molecule has 0 aliphatic rings. The number of hydrogen-bond donors (Lipinski definition) is 1. The average Bonchev–Trinajstić information content (AvgIpc) is 2.91. The first-order valence-corrected chi connectivity index (χ1v) is 7.15. The molecule has 3 rings (SSSR count). The van der Waals surface area contributed by atoms with Crippen LogP contribution in [0.3, 0.4) is 0 Å². The molecule has 0 atom stereocenters. The van der Waals surface area contributed by atoms with Gasteiger partial charge in [0.05, 0.1) is 5.69 Å². The molecule has 0 saturated carbocycles. The molecule has 1 N–H and O–H groups in total. The van der Waals surface area contributed by atoms with E-state index in [1.165, 1.54) is 12.1 Å². The molecule has 0 spiro atoms.